The number of hydrogen-bond acceptors (Lipinski definition) is 1. The second-order valence-electron chi connectivity index (χ2n) is 20.1. The van der Waals surface area contributed by atoms with Crippen molar-refractivity contribution in [3.63, 3.8) is 0 Å². The minimum Gasteiger partial charge on any atom is -0.311 e. The van der Waals surface area contributed by atoms with Crippen LogP contribution >= 0.6 is 0 Å². The lowest BCUT2D eigenvalue weighted by atomic mass is 9.91. The van der Waals surface area contributed by atoms with Crippen LogP contribution in [0.3, 0.4) is 0 Å². The Kier molecular flexibility index (Phi) is 10.3. The summed E-state index contributed by atoms with van der Waals surface area (Å²) in [6.07, 6.45) is 8.02. The standard InChI is InChI=1S/C72H50N4/c1-7-28-67-61(22-1)62-23-2-8-29-68(62)74(67)58-19-13-16-52(46-58)49-34-40-55(41-35-49)73(56-42-36-50(37-43-56)53-17-14-20-59(47-53)75-69-30-9-3-24-63(69)64-25-4-10-31-70(64)75)57-44-38-51(39-45-57)54-18-15-21-60(48-54)76-71-32-11-5-26-65(71)66-27-6-12-33-72(66)76/h1-38,40-48,51H,39H2. The average Bonchev–Trinajstić information content (AvgIpc) is 4.16. The van der Waals surface area contributed by atoms with Crippen LogP contribution in [-0.4, -0.2) is 13.7 Å². The van der Waals surface area contributed by atoms with Crippen molar-refractivity contribution in [2.24, 2.45) is 0 Å². The molecular weight excluding hydrogens is 921 g/mol. The molecule has 0 bridgehead atoms. The Balaban J connectivity index is 0.781. The third-order valence-corrected chi connectivity index (χ3v) is 15.8. The molecule has 358 valence electrons. The summed E-state index contributed by atoms with van der Waals surface area (Å²) in [5.41, 5.74) is 20.1. The summed E-state index contributed by atoms with van der Waals surface area (Å²) < 4.78 is 7.20. The smallest absolute Gasteiger partial charge is 0.0541 e. The van der Waals surface area contributed by atoms with Crippen LogP contribution in [0.25, 0.3) is 105 Å². The molecule has 76 heavy (non-hydrogen) atoms. The van der Waals surface area contributed by atoms with E-state index < -0.39 is 0 Å². The second-order valence-corrected chi connectivity index (χ2v) is 20.1. The Morgan fingerprint density at radius 3 is 1.00 bits per heavy atom. The maximum atomic E-state index is 2.42. The number of nitrogens with zero attached hydrogens (tertiary/aromatic N) is 4. The molecule has 0 radical (unpaired) electrons. The lowest BCUT2D eigenvalue weighted by molar-refractivity contribution is 0.838. The van der Waals surface area contributed by atoms with E-state index in [0.29, 0.717) is 0 Å². The fraction of sp³-hybridized carbons (Fsp3) is 0.0278. The molecule has 0 N–H and O–H groups in total. The Labute approximate surface area is 441 Å². The Morgan fingerprint density at radius 1 is 0.303 bits per heavy atom. The number of hydrogen-bond donors (Lipinski definition) is 0. The number of fused-ring (bicyclic) bond motifs is 9. The third kappa shape index (κ3) is 7.21. The minimum atomic E-state index is 0.229. The van der Waals surface area contributed by atoms with E-state index in [9.17, 15) is 0 Å². The lowest BCUT2D eigenvalue weighted by Crippen LogP contribution is -2.17. The van der Waals surface area contributed by atoms with Crippen LogP contribution in [0, 0.1) is 0 Å². The highest BCUT2D eigenvalue weighted by Gasteiger charge is 2.21. The van der Waals surface area contributed by atoms with Gasteiger partial charge >= 0.3 is 0 Å². The second kappa shape index (κ2) is 17.9. The SMILES string of the molecule is C1=CC(c2cccc(-n3c4ccccc4c4ccccc43)c2)CC=C1N(c1ccc(-c2cccc(-n3c4ccccc4c4ccccc43)c2)cc1)c1ccc(-c2cccc(-n3c4ccccc4c4ccccc43)c2)cc1. The van der Waals surface area contributed by atoms with Gasteiger partial charge in [0.15, 0.2) is 0 Å². The molecular formula is C72H50N4. The highest BCUT2D eigenvalue weighted by Crippen LogP contribution is 2.41. The molecule has 3 aromatic heterocycles. The first kappa shape index (κ1) is 43.7. The van der Waals surface area contributed by atoms with Gasteiger partial charge in [0.1, 0.15) is 0 Å². The van der Waals surface area contributed by atoms with Crippen molar-refractivity contribution < 1.29 is 0 Å². The molecule has 0 saturated heterocycles. The summed E-state index contributed by atoms with van der Waals surface area (Å²) in [6.45, 7) is 0. The van der Waals surface area contributed by atoms with E-state index in [1.54, 1.807) is 0 Å². The predicted molar refractivity (Wildman–Crippen MR) is 320 cm³/mol. The molecule has 0 fully saturated rings. The van der Waals surface area contributed by atoms with Gasteiger partial charge < -0.3 is 18.6 Å². The molecule has 0 amide bonds. The summed E-state index contributed by atoms with van der Waals surface area (Å²) >= 11 is 0. The summed E-state index contributed by atoms with van der Waals surface area (Å²) in [5.74, 6) is 0.229. The maximum absolute atomic E-state index is 2.42. The van der Waals surface area contributed by atoms with E-state index >= 15 is 0 Å². The molecule has 0 spiro atoms. The number of benzene rings is 11. The van der Waals surface area contributed by atoms with Gasteiger partial charge in [-0.3, -0.25) is 0 Å². The van der Waals surface area contributed by atoms with E-state index in [2.05, 4.69) is 304 Å². The molecule has 0 saturated carbocycles. The van der Waals surface area contributed by atoms with Crippen LogP contribution in [0.2, 0.25) is 0 Å². The Hall–Kier alpha value is -9.90. The predicted octanol–water partition coefficient (Wildman–Crippen LogP) is 19.1. The number of aromatic nitrogens is 3. The number of allylic oxidation sites excluding steroid dienone is 3. The fourth-order valence-corrected chi connectivity index (χ4v) is 12.2. The van der Waals surface area contributed by atoms with Gasteiger partial charge in [-0.1, -0.05) is 182 Å². The molecule has 1 atom stereocenters. The Morgan fingerprint density at radius 2 is 0.645 bits per heavy atom. The Bertz CT molecular complexity index is 4260. The zero-order chi connectivity index (χ0) is 50.1. The molecule has 11 aromatic carbocycles. The quantitative estimate of drug-likeness (QED) is 0.141. The van der Waals surface area contributed by atoms with Crippen LogP contribution in [0.4, 0.5) is 11.4 Å². The normalized spacial score (nSPS) is 13.6. The fourth-order valence-electron chi connectivity index (χ4n) is 12.2. The molecule has 14 aromatic rings. The lowest BCUT2D eigenvalue weighted by Gasteiger charge is -2.29. The van der Waals surface area contributed by atoms with E-state index in [4.69, 9.17) is 0 Å². The van der Waals surface area contributed by atoms with Crippen molar-refractivity contribution in [1.82, 2.24) is 13.7 Å². The molecule has 3 heterocycles. The maximum Gasteiger partial charge on any atom is 0.0541 e. The molecule has 1 aliphatic carbocycles. The average molecular weight is 971 g/mol. The van der Waals surface area contributed by atoms with Gasteiger partial charge in [0, 0.05) is 72.4 Å². The van der Waals surface area contributed by atoms with Crippen molar-refractivity contribution in [2.75, 3.05) is 4.90 Å². The summed E-state index contributed by atoms with van der Waals surface area (Å²) in [5, 5.41) is 7.60. The molecule has 4 heteroatoms. The van der Waals surface area contributed by atoms with Gasteiger partial charge in [-0.2, -0.15) is 0 Å². The van der Waals surface area contributed by atoms with Crippen molar-refractivity contribution in [3.8, 4) is 39.3 Å². The van der Waals surface area contributed by atoms with Gasteiger partial charge in [-0.05, 0) is 137 Å². The summed E-state index contributed by atoms with van der Waals surface area (Å²) in [6, 6.07) is 97.6. The van der Waals surface area contributed by atoms with E-state index in [-0.39, 0.29) is 5.92 Å². The number of anilines is 2. The van der Waals surface area contributed by atoms with Gasteiger partial charge in [0.2, 0.25) is 0 Å². The van der Waals surface area contributed by atoms with Crippen molar-refractivity contribution in [2.45, 2.75) is 12.3 Å². The number of para-hydroxylation sites is 6. The summed E-state index contributed by atoms with van der Waals surface area (Å²) in [7, 11) is 0. The zero-order valence-electron chi connectivity index (χ0n) is 41.7. The van der Waals surface area contributed by atoms with Crippen LogP contribution in [0.5, 0.6) is 0 Å². The van der Waals surface area contributed by atoms with Gasteiger partial charge in [-0.15, -0.1) is 0 Å². The highest BCUT2D eigenvalue weighted by atomic mass is 15.1. The molecule has 4 nitrogen and oxygen atoms in total. The molecule has 1 unspecified atom stereocenters. The minimum absolute atomic E-state index is 0.229. The number of rotatable bonds is 9. The molecule has 1 aliphatic rings. The van der Waals surface area contributed by atoms with Crippen LogP contribution in [-0.2, 0) is 0 Å². The van der Waals surface area contributed by atoms with Crippen LogP contribution < -0.4 is 4.90 Å². The summed E-state index contributed by atoms with van der Waals surface area (Å²) in [4.78, 5) is 2.41. The first-order chi connectivity index (χ1) is 37.7. The van der Waals surface area contributed by atoms with Crippen LogP contribution in [0.15, 0.2) is 291 Å². The highest BCUT2D eigenvalue weighted by molar-refractivity contribution is 6.11. The largest absolute Gasteiger partial charge is 0.311 e. The van der Waals surface area contributed by atoms with Crippen molar-refractivity contribution in [1.29, 1.82) is 0 Å². The van der Waals surface area contributed by atoms with Crippen molar-refractivity contribution >= 4 is 76.8 Å². The van der Waals surface area contributed by atoms with Gasteiger partial charge in [-0.25, -0.2) is 0 Å². The zero-order valence-corrected chi connectivity index (χ0v) is 41.7. The monoisotopic (exact) mass is 970 g/mol. The first-order valence-corrected chi connectivity index (χ1v) is 26.4. The van der Waals surface area contributed by atoms with Crippen LogP contribution in [0.1, 0.15) is 17.9 Å². The molecule has 0 aliphatic heterocycles. The topological polar surface area (TPSA) is 18.0 Å². The van der Waals surface area contributed by atoms with E-state index in [1.807, 2.05) is 0 Å². The van der Waals surface area contributed by atoms with Gasteiger partial charge in [0.05, 0.1) is 33.1 Å². The molecule has 15 rings (SSSR count). The van der Waals surface area contributed by atoms with E-state index in [0.717, 1.165) is 34.9 Å². The van der Waals surface area contributed by atoms with Crippen molar-refractivity contribution in [3.05, 3.63) is 296 Å². The first-order valence-electron chi connectivity index (χ1n) is 26.4. The van der Waals surface area contributed by atoms with E-state index in [1.165, 1.54) is 98.9 Å². The third-order valence-electron chi connectivity index (χ3n) is 15.8. The van der Waals surface area contributed by atoms with Gasteiger partial charge in [0.25, 0.3) is 0 Å².